The quantitative estimate of drug-likeness (QED) is 0.495. The lowest BCUT2D eigenvalue weighted by Crippen LogP contribution is -2.34. The van der Waals surface area contributed by atoms with Crippen molar-refractivity contribution in [2.75, 3.05) is 7.05 Å². The number of hydrogen-bond donors (Lipinski definition) is 0. The summed E-state index contributed by atoms with van der Waals surface area (Å²) in [6, 6.07) is 0. The molecule has 0 amide bonds. The first kappa shape index (κ1) is 10.4. The van der Waals surface area contributed by atoms with Crippen LogP contribution in [-0.4, -0.2) is 20.8 Å². The molecular formula is C3H4Cl5N. The zero-order chi connectivity index (χ0) is 7.65. The van der Waals surface area contributed by atoms with Gasteiger partial charge in [0, 0.05) is 0 Å². The fourth-order valence-corrected chi connectivity index (χ4v) is 0.996. The van der Waals surface area contributed by atoms with Gasteiger partial charge in [0.1, 0.15) is 0 Å². The second-order valence-electron chi connectivity index (χ2n) is 1.36. The molecular weight excluding hydrogens is 227 g/mol. The van der Waals surface area contributed by atoms with E-state index in [1.54, 1.807) is 0 Å². The van der Waals surface area contributed by atoms with E-state index >= 15 is 0 Å². The maximum atomic E-state index is 5.37. The van der Waals surface area contributed by atoms with Gasteiger partial charge in [0.2, 0.25) is 3.92 Å². The highest BCUT2D eigenvalue weighted by atomic mass is 35.6. The van der Waals surface area contributed by atoms with Gasteiger partial charge in [0.25, 0.3) is 0 Å². The zero-order valence-electron chi connectivity index (χ0n) is 4.41. The molecule has 9 heavy (non-hydrogen) atoms. The van der Waals surface area contributed by atoms with Crippen LogP contribution in [0.3, 0.4) is 0 Å². The molecule has 0 saturated carbocycles. The van der Waals surface area contributed by atoms with E-state index in [0.29, 0.717) is 0 Å². The molecule has 0 rings (SSSR count). The highest BCUT2D eigenvalue weighted by Crippen LogP contribution is 2.32. The minimum absolute atomic E-state index is 0.808. The Balaban J connectivity index is 3.88. The van der Waals surface area contributed by atoms with Crippen LogP contribution in [0.5, 0.6) is 0 Å². The van der Waals surface area contributed by atoms with E-state index in [4.69, 9.17) is 58.0 Å². The molecule has 0 atom stereocenters. The molecule has 6 heteroatoms. The van der Waals surface area contributed by atoms with E-state index in [2.05, 4.69) is 0 Å². The Hall–Kier alpha value is 1.41. The molecule has 0 saturated heterocycles. The van der Waals surface area contributed by atoms with Crippen LogP contribution >= 0.6 is 58.0 Å². The molecule has 0 spiro atoms. The third-order valence-electron chi connectivity index (χ3n) is 0.693. The van der Waals surface area contributed by atoms with Gasteiger partial charge in [0.15, 0.2) is 4.96 Å². The van der Waals surface area contributed by atoms with Crippen LogP contribution < -0.4 is 0 Å². The van der Waals surface area contributed by atoms with Gasteiger partial charge in [-0.2, -0.15) is 0 Å². The maximum Gasteiger partial charge on any atom is 0.249 e. The van der Waals surface area contributed by atoms with Crippen LogP contribution in [0, 0.1) is 0 Å². The SMILES string of the molecule is CN(C(Cl)Cl)C(Cl)(Cl)Cl. The summed E-state index contributed by atoms with van der Waals surface area (Å²) in [5.41, 5.74) is 0. The Labute approximate surface area is 78.7 Å². The molecule has 0 aliphatic carbocycles. The maximum absolute atomic E-state index is 5.37. The van der Waals surface area contributed by atoms with Gasteiger partial charge >= 0.3 is 0 Å². The van der Waals surface area contributed by atoms with Crippen molar-refractivity contribution in [3.8, 4) is 0 Å². The molecule has 0 aromatic heterocycles. The summed E-state index contributed by atoms with van der Waals surface area (Å²) >= 11 is 26.8. The van der Waals surface area contributed by atoms with Gasteiger partial charge in [0.05, 0.1) is 0 Å². The predicted molar refractivity (Wildman–Crippen MR) is 43.5 cm³/mol. The standard InChI is InChI=1S/C3H4Cl5N/c1-9(2(4)5)3(6,7)8/h2H,1H3. The molecule has 56 valence electrons. The first-order valence-corrected chi connectivity index (χ1v) is 3.94. The number of nitrogens with zero attached hydrogens (tertiary/aromatic N) is 1. The molecule has 0 N–H and O–H groups in total. The lowest BCUT2D eigenvalue weighted by Gasteiger charge is -2.25. The van der Waals surface area contributed by atoms with Gasteiger partial charge in [-0.1, -0.05) is 58.0 Å². The number of hydrogen-bond acceptors (Lipinski definition) is 1. The van der Waals surface area contributed by atoms with E-state index in [-0.39, 0.29) is 0 Å². The van der Waals surface area contributed by atoms with E-state index in [0.717, 1.165) is 0 Å². The summed E-state index contributed by atoms with van der Waals surface area (Å²) in [4.78, 5) is 0.373. The van der Waals surface area contributed by atoms with E-state index < -0.39 is 8.88 Å². The van der Waals surface area contributed by atoms with E-state index in [9.17, 15) is 0 Å². The summed E-state index contributed by atoms with van der Waals surface area (Å²) in [6.07, 6.45) is 0. The molecule has 0 aliphatic heterocycles. The van der Waals surface area contributed by atoms with Crippen LogP contribution in [0.25, 0.3) is 0 Å². The van der Waals surface area contributed by atoms with Gasteiger partial charge in [-0.05, 0) is 7.05 Å². The fourth-order valence-electron chi connectivity index (χ4n) is 0.111. The molecule has 0 heterocycles. The van der Waals surface area contributed by atoms with Crippen LogP contribution in [0.15, 0.2) is 0 Å². The van der Waals surface area contributed by atoms with E-state index in [1.165, 1.54) is 11.9 Å². The van der Waals surface area contributed by atoms with Crippen molar-refractivity contribution >= 4 is 58.0 Å². The fraction of sp³-hybridized carbons (Fsp3) is 1.00. The first-order valence-electron chi connectivity index (χ1n) is 1.93. The molecule has 0 aromatic carbocycles. The van der Waals surface area contributed by atoms with Crippen LogP contribution in [0.1, 0.15) is 0 Å². The molecule has 0 aliphatic rings. The van der Waals surface area contributed by atoms with Crippen LogP contribution in [-0.2, 0) is 0 Å². The van der Waals surface area contributed by atoms with Crippen molar-refractivity contribution in [1.82, 2.24) is 4.90 Å². The van der Waals surface area contributed by atoms with Crippen molar-refractivity contribution in [3.63, 3.8) is 0 Å². The smallest absolute Gasteiger partial charge is 0.233 e. The number of alkyl halides is 5. The molecule has 0 radical (unpaired) electrons. The second kappa shape index (κ2) is 3.70. The van der Waals surface area contributed by atoms with Gasteiger partial charge < -0.3 is 0 Å². The van der Waals surface area contributed by atoms with Gasteiger partial charge in [-0.25, -0.2) is 4.90 Å². The average Bonchev–Trinajstić information content (AvgIpc) is 1.62. The minimum atomic E-state index is -1.53. The summed E-state index contributed by atoms with van der Waals surface area (Å²) in [7, 11) is 1.50. The third-order valence-corrected chi connectivity index (χ3v) is 2.08. The number of rotatable bonds is 1. The monoisotopic (exact) mass is 229 g/mol. The molecule has 0 aromatic rings. The summed E-state index contributed by atoms with van der Waals surface area (Å²) in [5.74, 6) is 0. The van der Waals surface area contributed by atoms with Crippen molar-refractivity contribution in [2.24, 2.45) is 0 Å². The highest BCUT2D eigenvalue weighted by Gasteiger charge is 2.29. The predicted octanol–water partition coefficient (Wildman–Crippen LogP) is 3.01. The Morgan fingerprint density at radius 2 is 1.56 bits per heavy atom. The first-order chi connectivity index (χ1) is 3.85. The average molecular weight is 231 g/mol. The Morgan fingerprint density at radius 3 is 1.56 bits per heavy atom. The largest absolute Gasteiger partial charge is 0.249 e. The Bertz CT molecular complexity index is 86.7. The van der Waals surface area contributed by atoms with Crippen molar-refractivity contribution in [3.05, 3.63) is 0 Å². The molecule has 0 bridgehead atoms. The Morgan fingerprint density at radius 1 is 1.22 bits per heavy atom. The summed E-state index contributed by atoms with van der Waals surface area (Å²) in [6.45, 7) is 0. The normalized spacial score (nSPS) is 13.3. The van der Waals surface area contributed by atoms with E-state index in [1.807, 2.05) is 0 Å². The second-order valence-corrected chi connectivity index (χ2v) is 4.63. The van der Waals surface area contributed by atoms with Crippen molar-refractivity contribution in [2.45, 2.75) is 8.88 Å². The topological polar surface area (TPSA) is 3.24 Å². The third kappa shape index (κ3) is 3.97. The van der Waals surface area contributed by atoms with Crippen molar-refractivity contribution < 1.29 is 0 Å². The summed E-state index contributed by atoms with van der Waals surface area (Å²) in [5, 5.41) is 0. The lowest BCUT2D eigenvalue weighted by atomic mass is 11.0. The van der Waals surface area contributed by atoms with Crippen LogP contribution in [0.2, 0.25) is 0 Å². The van der Waals surface area contributed by atoms with Crippen molar-refractivity contribution in [1.29, 1.82) is 0 Å². The number of halogens is 5. The molecule has 0 fully saturated rings. The molecule has 0 unspecified atom stereocenters. The minimum Gasteiger partial charge on any atom is -0.233 e. The van der Waals surface area contributed by atoms with Gasteiger partial charge in [-0.15, -0.1) is 0 Å². The van der Waals surface area contributed by atoms with Gasteiger partial charge in [-0.3, -0.25) is 0 Å². The lowest BCUT2D eigenvalue weighted by molar-refractivity contribution is 0.369. The summed E-state index contributed by atoms with van der Waals surface area (Å²) < 4.78 is -1.53. The van der Waals surface area contributed by atoms with Crippen LogP contribution in [0.4, 0.5) is 0 Å². The zero-order valence-corrected chi connectivity index (χ0v) is 8.19. The molecule has 1 nitrogen and oxygen atoms in total. The highest BCUT2D eigenvalue weighted by molar-refractivity contribution is 6.67. The Kier molecular flexibility index (Phi) is 4.28.